The van der Waals surface area contributed by atoms with E-state index in [0.717, 1.165) is 11.1 Å². The molecule has 0 bridgehead atoms. The summed E-state index contributed by atoms with van der Waals surface area (Å²) in [6.45, 7) is 1.84. The molecule has 1 aliphatic rings. The van der Waals surface area contributed by atoms with Gasteiger partial charge in [-0.05, 0) is 49.8 Å². The fraction of sp³-hybridized carbons (Fsp3) is 0.350. The van der Waals surface area contributed by atoms with Crippen molar-refractivity contribution in [1.29, 1.82) is 0 Å². The first-order valence-corrected chi connectivity index (χ1v) is 8.61. The topological polar surface area (TPSA) is 79.3 Å². The number of amides is 1. The van der Waals surface area contributed by atoms with Crippen molar-refractivity contribution < 1.29 is 14.7 Å². The summed E-state index contributed by atoms with van der Waals surface area (Å²) in [6.07, 6.45) is 4.33. The van der Waals surface area contributed by atoms with Crippen molar-refractivity contribution in [3.8, 4) is 11.1 Å². The van der Waals surface area contributed by atoms with Crippen LogP contribution in [0.3, 0.4) is 0 Å². The van der Waals surface area contributed by atoms with Crippen LogP contribution in [0, 0.1) is 12.8 Å². The highest BCUT2D eigenvalue weighted by Gasteiger charge is 2.27. The van der Waals surface area contributed by atoms with Crippen LogP contribution in [0.5, 0.6) is 0 Å². The highest BCUT2D eigenvalue weighted by atomic mass is 16.4. The maximum atomic E-state index is 12.9. The normalized spacial score (nSPS) is 20.0. The van der Waals surface area contributed by atoms with E-state index < -0.39 is 5.97 Å². The van der Waals surface area contributed by atoms with Gasteiger partial charge in [0.2, 0.25) is 0 Å². The van der Waals surface area contributed by atoms with E-state index in [4.69, 9.17) is 5.11 Å². The van der Waals surface area contributed by atoms with Gasteiger partial charge in [-0.25, -0.2) is 0 Å². The van der Waals surface area contributed by atoms with E-state index in [1.807, 2.05) is 43.3 Å². The number of carbonyl (C=O) groups excluding carboxylic acids is 1. The smallest absolute Gasteiger partial charge is 0.306 e. The van der Waals surface area contributed by atoms with Crippen LogP contribution < -0.4 is 5.32 Å². The van der Waals surface area contributed by atoms with Gasteiger partial charge in [0.25, 0.3) is 5.91 Å². The third-order valence-corrected chi connectivity index (χ3v) is 4.86. The average molecular weight is 338 g/mol. The first-order valence-electron chi connectivity index (χ1n) is 8.61. The molecule has 5 nitrogen and oxygen atoms in total. The number of hydrogen-bond donors (Lipinski definition) is 2. The number of benzene rings is 1. The average Bonchev–Trinajstić information content (AvgIpc) is 2.62. The molecule has 2 aromatic rings. The molecular formula is C20H22N2O3. The molecule has 1 fully saturated rings. The van der Waals surface area contributed by atoms with Gasteiger partial charge in [0, 0.05) is 12.2 Å². The predicted molar refractivity (Wildman–Crippen MR) is 95.3 cm³/mol. The fourth-order valence-electron chi connectivity index (χ4n) is 3.45. The van der Waals surface area contributed by atoms with Crippen LogP contribution in [0.4, 0.5) is 0 Å². The molecule has 0 spiro atoms. The lowest BCUT2D eigenvalue weighted by atomic mass is 9.86. The van der Waals surface area contributed by atoms with Gasteiger partial charge in [0.15, 0.2) is 0 Å². The van der Waals surface area contributed by atoms with Crippen LogP contribution >= 0.6 is 0 Å². The van der Waals surface area contributed by atoms with Gasteiger partial charge in [-0.1, -0.05) is 30.3 Å². The first kappa shape index (κ1) is 17.1. The van der Waals surface area contributed by atoms with Crippen molar-refractivity contribution >= 4 is 11.9 Å². The molecule has 5 heteroatoms. The summed E-state index contributed by atoms with van der Waals surface area (Å²) in [7, 11) is 0. The zero-order valence-corrected chi connectivity index (χ0v) is 14.2. The Morgan fingerprint density at radius 1 is 1.08 bits per heavy atom. The molecule has 0 atom stereocenters. The molecule has 1 amide bonds. The Hall–Kier alpha value is -2.69. The Kier molecular flexibility index (Phi) is 5.12. The van der Waals surface area contributed by atoms with E-state index in [1.165, 1.54) is 0 Å². The number of nitrogens with zero attached hydrogens (tertiary/aromatic N) is 1. The largest absolute Gasteiger partial charge is 0.481 e. The van der Waals surface area contributed by atoms with Crippen molar-refractivity contribution in [1.82, 2.24) is 10.3 Å². The molecule has 0 saturated heterocycles. The molecule has 1 aliphatic carbocycles. The van der Waals surface area contributed by atoms with E-state index in [2.05, 4.69) is 10.3 Å². The van der Waals surface area contributed by atoms with Gasteiger partial charge in [-0.15, -0.1) is 0 Å². The van der Waals surface area contributed by atoms with E-state index in [-0.39, 0.29) is 17.9 Å². The summed E-state index contributed by atoms with van der Waals surface area (Å²) in [5.41, 5.74) is 3.13. The highest BCUT2D eigenvalue weighted by molar-refractivity contribution is 6.02. The summed E-state index contributed by atoms with van der Waals surface area (Å²) in [5.74, 6) is -1.16. The molecule has 25 heavy (non-hydrogen) atoms. The van der Waals surface area contributed by atoms with Crippen LogP contribution in [0.15, 0.2) is 42.6 Å². The molecule has 1 aromatic carbocycles. The molecule has 3 rings (SSSR count). The summed E-state index contributed by atoms with van der Waals surface area (Å²) in [6, 6.07) is 11.7. The summed E-state index contributed by atoms with van der Waals surface area (Å²) in [4.78, 5) is 28.2. The van der Waals surface area contributed by atoms with Gasteiger partial charge in [-0.2, -0.15) is 0 Å². The number of nitrogens with one attached hydrogen (secondary N) is 1. The number of carboxylic acid groups (broad SMARTS) is 1. The Morgan fingerprint density at radius 2 is 1.76 bits per heavy atom. The summed E-state index contributed by atoms with van der Waals surface area (Å²) < 4.78 is 0. The monoisotopic (exact) mass is 338 g/mol. The second-order valence-corrected chi connectivity index (χ2v) is 6.55. The fourth-order valence-corrected chi connectivity index (χ4v) is 3.45. The molecule has 1 saturated carbocycles. The number of aliphatic carboxylic acids is 1. The van der Waals surface area contributed by atoms with Crippen molar-refractivity contribution in [2.45, 2.75) is 38.6 Å². The quantitative estimate of drug-likeness (QED) is 0.895. The van der Waals surface area contributed by atoms with Crippen LogP contribution in [-0.2, 0) is 4.79 Å². The van der Waals surface area contributed by atoms with Gasteiger partial charge in [-0.3, -0.25) is 14.6 Å². The van der Waals surface area contributed by atoms with Gasteiger partial charge < -0.3 is 10.4 Å². The molecular weight excluding hydrogens is 316 g/mol. The van der Waals surface area contributed by atoms with Crippen LogP contribution in [0.2, 0.25) is 0 Å². The second-order valence-electron chi connectivity index (χ2n) is 6.55. The van der Waals surface area contributed by atoms with E-state index in [0.29, 0.717) is 36.9 Å². The first-order chi connectivity index (χ1) is 12.1. The van der Waals surface area contributed by atoms with Crippen LogP contribution in [0.1, 0.15) is 41.7 Å². The van der Waals surface area contributed by atoms with E-state index in [9.17, 15) is 9.59 Å². The van der Waals surface area contributed by atoms with Crippen molar-refractivity contribution in [2.75, 3.05) is 0 Å². The van der Waals surface area contributed by atoms with Crippen molar-refractivity contribution in [2.24, 2.45) is 5.92 Å². The zero-order chi connectivity index (χ0) is 17.8. The molecule has 1 aromatic heterocycles. The molecule has 1 heterocycles. The highest BCUT2D eigenvalue weighted by Crippen LogP contribution is 2.27. The minimum atomic E-state index is -0.737. The maximum absolute atomic E-state index is 12.9. The number of carboxylic acids is 1. The standard InChI is InChI=1S/C20H22N2O3/c1-13-18(17(11-12-21-13)14-5-3-2-4-6-14)19(23)22-16-9-7-15(8-10-16)20(24)25/h2-6,11-12,15-16H,7-10H2,1H3,(H,22,23)(H,24,25). The number of pyridine rings is 1. The molecule has 2 N–H and O–H groups in total. The SMILES string of the molecule is Cc1nccc(-c2ccccc2)c1C(=O)NC1CCC(C(=O)O)CC1. The lowest BCUT2D eigenvalue weighted by Crippen LogP contribution is -2.39. The minimum absolute atomic E-state index is 0.0197. The number of hydrogen-bond acceptors (Lipinski definition) is 3. The predicted octanol–water partition coefficient (Wildman–Crippen LogP) is 3.43. The molecule has 0 unspecified atom stereocenters. The van der Waals surface area contributed by atoms with Gasteiger partial charge >= 0.3 is 5.97 Å². The Bertz CT molecular complexity index is 766. The van der Waals surface area contributed by atoms with E-state index in [1.54, 1.807) is 6.20 Å². The Balaban J connectivity index is 1.78. The van der Waals surface area contributed by atoms with Crippen LogP contribution in [0.25, 0.3) is 11.1 Å². The third kappa shape index (κ3) is 3.87. The van der Waals surface area contributed by atoms with Gasteiger partial charge in [0.1, 0.15) is 0 Å². The van der Waals surface area contributed by atoms with Crippen LogP contribution in [-0.4, -0.2) is 28.0 Å². The number of aromatic nitrogens is 1. The van der Waals surface area contributed by atoms with Gasteiger partial charge in [0.05, 0.1) is 17.2 Å². The number of aryl methyl sites for hydroxylation is 1. The number of carbonyl (C=O) groups is 2. The lowest BCUT2D eigenvalue weighted by molar-refractivity contribution is -0.142. The molecule has 130 valence electrons. The van der Waals surface area contributed by atoms with Crippen molar-refractivity contribution in [3.63, 3.8) is 0 Å². The summed E-state index contributed by atoms with van der Waals surface area (Å²) in [5, 5.41) is 12.2. The Morgan fingerprint density at radius 3 is 2.40 bits per heavy atom. The third-order valence-electron chi connectivity index (χ3n) is 4.86. The maximum Gasteiger partial charge on any atom is 0.306 e. The van der Waals surface area contributed by atoms with Crippen molar-refractivity contribution in [3.05, 3.63) is 53.9 Å². The lowest BCUT2D eigenvalue weighted by Gasteiger charge is -2.27. The van der Waals surface area contributed by atoms with E-state index >= 15 is 0 Å². The Labute approximate surface area is 147 Å². The molecule has 0 radical (unpaired) electrons. The number of rotatable bonds is 4. The molecule has 0 aliphatic heterocycles. The summed E-state index contributed by atoms with van der Waals surface area (Å²) >= 11 is 0. The minimum Gasteiger partial charge on any atom is -0.481 e. The zero-order valence-electron chi connectivity index (χ0n) is 14.2. The second kappa shape index (κ2) is 7.47.